The fourth-order valence-electron chi connectivity index (χ4n) is 7.61. The van der Waals surface area contributed by atoms with Crippen molar-refractivity contribution in [1.82, 2.24) is 0 Å². The largest absolute Gasteiger partial charge is 0.458 e. The zero-order valence-electron chi connectivity index (χ0n) is 24.3. The highest BCUT2D eigenvalue weighted by atomic mass is 16.5. The van der Waals surface area contributed by atoms with Gasteiger partial charge in [0, 0.05) is 5.46 Å². The van der Waals surface area contributed by atoms with Gasteiger partial charge in [-0.2, -0.15) is 0 Å². The molecular weight excluding hydrogens is 547 g/mol. The maximum Gasteiger partial charge on any atom is 0.260 e. The lowest BCUT2D eigenvalue weighted by Crippen LogP contribution is -2.57. The summed E-state index contributed by atoms with van der Waals surface area (Å²) in [6.45, 7) is 0.0597. The maximum atomic E-state index is 6.66. The molecule has 0 aliphatic carbocycles. The minimum atomic E-state index is 0.0597. The molecule has 0 atom stereocenters. The van der Waals surface area contributed by atoms with E-state index in [4.69, 9.17) is 9.47 Å². The van der Waals surface area contributed by atoms with E-state index in [0.717, 1.165) is 39.5 Å². The Kier molecular flexibility index (Phi) is 5.12. The average Bonchev–Trinajstić information content (AvgIpc) is 3.10. The molecule has 0 N–H and O–H groups in total. The summed E-state index contributed by atoms with van der Waals surface area (Å²) in [4.78, 5) is 0. The van der Waals surface area contributed by atoms with Crippen LogP contribution in [0.2, 0.25) is 0 Å². The van der Waals surface area contributed by atoms with Crippen LogP contribution in [0.5, 0.6) is 23.0 Å². The van der Waals surface area contributed by atoms with Crippen LogP contribution in [-0.2, 0) is 0 Å². The normalized spacial score (nSPS) is 12.8. The van der Waals surface area contributed by atoms with Gasteiger partial charge in [0.25, 0.3) is 6.71 Å². The van der Waals surface area contributed by atoms with E-state index in [-0.39, 0.29) is 6.71 Å². The van der Waals surface area contributed by atoms with Crippen LogP contribution in [0.3, 0.4) is 0 Å². The fraction of sp³-hybridized carbons (Fsp3) is 0. The van der Waals surface area contributed by atoms with Gasteiger partial charge in [-0.05, 0) is 95.8 Å². The highest BCUT2D eigenvalue weighted by Gasteiger charge is 2.39. The van der Waals surface area contributed by atoms with Crippen LogP contribution in [0.4, 0.5) is 0 Å². The average molecular weight is 572 g/mol. The maximum absolute atomic E-state index is 6.66. The van der Waals surface area contributed by atoms with E-state index in [1.54, 1.807) is 0 Å². The first-order valence-corrected chi connectivity index (χ1v) is 15.5. The summed E-state index contributed by atoms with van der Waals surface area (Å²) in [5.41, 5.74) is 8.22. The topological polar surface area (TPSA) is 18.5 Å². The molecule has 0 amide bonds. The van der Waals surface area contributed by atoms with Crippen molar-refractivity contribution in [3.05, 3.63) is 152 Å². The van der Waals surface area contributed by atoms with Crippen LogP contribution in [-0.4, -0.2) is 6.71 Å². The van der Waals surface area contributed by atoms with Gasteiger partial charge in [-0.1, -0.05) is 121 Å². The van der Waals surface area contributed by atoms with Gasteiger partial charge in [-0.25, -0.2) is 0 Å². The van der Waals surface area contributed by atoms with Gasteiger partial charge < -0.3 is 9.47 Å². The molecule has 0 spiro atoms. The Morgan fingerprint density at radius 2 is 1.04 bits per heavy atom. The summed E-state index contributed by atoms with van der Waals surface area (Å²) in [7, 11) is 0. The first-order chi connectivity index (χ1) is 22.3. The molecular formula is C42H25BO2. The summed E-state index contributed by atoms with van der Waals surface area (Å²) in [5, 5.41) is 7.55. The molecule has 8 aromatic rings. The molecule has 0 unspecified atom stereocenters. The molecule has 0 saturated heterocycles. The van der Waals surface area contributed by atoms with Crippen molar-refractivity contribution in [2.45, 2.75) is 0 Å². The Bertz CT molecular complexity index is 2510. The molecule has 2 nitrogen and oxygen atoms in total. The standard InChI is InChI=1S/C42H25BO2/c1-3-12-29-26(10-1)20-22-33-34(29)24-27-11-2-4-14-31(27)41(33)32-15-6-5-13-30(32)28-21-23-36-40(25-28)45-39-19-9-18-38-42(39)43(36)35-16-7-8-17-37(35)44-38/h1-25H. The molecule has 2 aliphatic rings. The molecule has 208 valence electrons. The zero-order chi connectivity index (χ0) is 29.5. The first-order valence-electron chi connectivity index (χ1n) is 15.5. The summed E-state index contributed by atoms with van der Waals surface area (Å²) in [5.74, 6) is 3.52. The number of rotatable bonds is 2. The van der Waals surface area contributed by atoms with E-state index in [9.17, 15) is 0 Å². The van der Waals surface area contributed by atoms with Crippen molar-refractivity contribution >= 4 is 55.4 Å². The van der Waals surface area contributed by atoms with Crippen LogP contribution in [0, 0.1) is 0 Å². The number of ether oxygens (including phenoxy) is 2. The Morgan fingerprint density at radius 1 is 0.378 bits per heavy atom. The molecule has 45 heavy (non-hydrogen) atoms. The molecule has 2 heterocycles. The smallest absolute Gasteiger partial charge is 0.260 e. The summed E-state index contributed by atoms with van der Waals surface area (Å²) in [6, 6.07) is 54.3. The Morgan fingerprint density at radius 3 is 1.93 bits per heavy atom. The quantitative estimate of drug-likeness (QED) is 0.117. The second-order valence-corrected chi connectivity index (χ2v) is 12.0. The van der Waals surface area contributed by atoms with Gasteiger partial charge in [0.2, 0.25) is 0 Å². The van der Waals surface area contributed by atoms with Crippen LogP contribution in [0.15, 0.2) is 152 Å². The molecule has 2 aliphatic heterocycles. The van der Waals surface area contributed by atoms with Crippen LogP contribution in [0.1, 0.15) is 0 Å². The van der Waals surface area contributed by atoms with Gasteiger partial charge in [0.05, 0.1) is 0 Å². The van der Waals surface area contributed by atoms with Crippen LogP contribution in [0.25, 0.3) is 54.6 Å². The zero-order valence-corrected chi connectivity index (χ0v) is 24.3. The van der Waals surface area contributed by atoms with E-state index >= 15 is 0 Å². The highest BCUT2D eigenvalue weighted by molar-refractivity contribution is 6.98. The van der Waals surface area contributed by atoms with Crippen LogP contribution < -0.4 is 25.9 Å². The first kappa shape index (κ1) is 24.6. The molecule has 0 saturated carbocycles. The van der Waals surface area contributed by atoms with Crippen LogP contribution >= 0.6 is 0 Å². The Hall–Kier alpha value is -5.80. The lowest BCUT2D eigenvalue weighted by molar-refractivity contribution is 0.464. The fourth-order valence-corrected chi connectivity index (χ4v) is 7.61. The predicted molar refractivity (Wildman–Crippen MR) is 188 cm³/mol. The third kappa shape index (κ3) is 3.58. The molecule has 0 bridgehead atoms. The third-order valence-corrected chi connectivity index (χ3v) is 9.59. The second-order valence-electron chi connectivity index (χ2n) is 12.0. The molecule has 0 aromatic heterocycles. The van der Waals surface area contributed by atoms with Gasteiger partial charge >= 0.3 is 0 Å². The predicted octanol–water partition coefficient (Wildman–Crippen LogP) is 9.21. The van der Waals surface area contributed by atoms with E-state index < -0.39 is 0 Å². The Labute approximate surface area is 261 Å². The number of hydrogen-bond donors (Lipinski definition) is 0. The number of fused-ring (bicyclic) bond motifs is 8. The van der Waals surface area contributed by atoms with Gasteiger partial charge in [0.15, 0.2) is 0 Å². The lowest BCUT2D eigenvalue weighted by atomic mass is 9.35. The van der Waals surface area contributed by atoms with Crippen molar-refractivity contribution in [3.8, 4) is 45.3 Å². The van der Waals surface area contributed by atoms with E-state index in [1.807, 2.05) is 18.2 Å². The van der Waals surface area contributed by atoms with Gasteiger partial charge in [-0.3, -0.25) is 0 Å². The molecule has 3 heteroatoms. The van der Waals surface area contributed by atoms with Crippen molar-refractivity contribution in [2.75, 3.05) is 0 Å². The molecule has 10 rings (SSSR count). The van der Waals surface area contributed by atoms with Gasteiger partial charge in [-0.15, -0.1) is 0 Å². The van der Waals surface area contributed by atoms with Crippen molar-refractivity contribution in [2.24, 2.45) is 0 Å². The monoisotopic (exact) mass is 572 g/mol. The molecule has 0 fully saturated rings. The molecule has 0 radical (unpaired) electrons. The van der Waals surface area contributed by atoms with Crippen molar-refractivity contribution in [1.29, 1.82) is 0 Å². The van der Waals surface area contributed by atoms with E-state index in [1.165, 1.54) is 54.5 Å². The van der Waals surface area contributed by atoms with E-state index in [2.05, 4.69) is 133 Å². The summed E-state index contributed by atoms with van der Waals surface area (Å²) in [6.07, 6.45) is 0. The highest BCUT2D eigenvalue weighted by Crippen LogP contribution is 2.44. The SMILES string of the molecule is c1ccc2c(c1)Oc1cccc3c1B2c1ccc(-c2ccccc2-c2c4ccccc4cc4c2ccc2ccccc24)cc1O3. The van der Waals surface area contributed by atoms with Crippen molar-refractivity contribution < 1.29 is 9.47 Å². The summed E-state index contributed by atoms with van der Waals surface area (Å²) >= 11 is 0. The molecule has 8 aromatic carbocycles. The minimum Gasteiger partial charge on any atom is -0.458 e. The van der Waals surface area contributed by atoms with Gasteiger partial charge in [0.1, 0.15) is 23.0 Å². The number of benzene rings is 8. The van der Waals surface area contributed by atoms with E-state index in [0.29, 0.717) is 0 Å². The third-order valence-electron chi connectivity index (χ3n) is 9.59. The number of hydrogen-bond acceptors (Lipinski definition) is 2. The number of para-hydroxylation sites is 1. The minimum absolute atomic E-state index is 0.0597. The lowest BCUT2D eigenvalue weighted by Gasteiger charge is -2.33. The summed E-state index contributed by atoms with van der Waals surface area (Å²) < 4.78 is 13.0. The second kappa shape index (κ2) is 9.35. The Balaban J connectivity index is 1.20. The van der Waals surface area contributed by atoms with Crippen molar-refractivity contribution in [3.63, 3.8) is 0 Å².